The molecule has 2 aliphatic heterocycles. The van der Waals surface area contributed by atoms with E-state index in [4.69, 9.17) is 11.6 Å². The summed E-state index contributed by atoms with van der Waals surface area (Å²) >= 11 is 7.79. The number of amides is 1. The molecule has 11 nitrogen and oxygen atoms in total. The number of rotatable bonds is 15. The molecule has 0 aliphatic carbocycles. The number of aryl methyl sites for hydroxylation is 1. The Labute approximate surface area is 349 Å². The lowest BCUT2D eigenvalue weighted by molar-refractivity contribution is -0.384. The van der Waals surface area contributed by atoms with Crippen molar-refractivity contribution in [2.45, 2.75) is 47.7 Å². The highest BCUT2D eigenvalue weighted by atomic mass is 35.5. The van der Waals surface area contributed by atoms with Crippen LogP contribution in [0, 0.1) is 10.1 Å². The molecule has 1 fully saturated rings. The Hall–Kier alpha value is -4.92. The molecule has 2 unspecified atom stereocenters. The van der Waals surface area contributed by atoms with Crippen LogP contribution in [0.5, 0.6) is 0 Å². The third kappa shape index (κ3) is 10.0. The smallest absolute Gasteiger partial charge is 0.293 e. The Morgan fingerprint density at radius 3 is 2.48 bits per heavy atom. The molecule has 0 spiro atoms. The lowest BCUT2D eigenvalue weighted by Crippen LogP contribution is -2.54. The van der Waals surface area contributed by atoms with Crippen LogP contribution in [0.25, 0.3) is 11.1 Å². The van der Waals surface area contributed by atoms with Gasteiger partial charge in [0.2, 0.25) is 0 Å². The van der Waals surface area contributed by atoms with Gasteiger partial charge in [0.15, 0.2) is 0 Å². The number of nitrogens with one attached hydrogen (secondary N) is 2. The van der Waals surface area contributed by atoms with Crippen molar-refractivity contribution in [1.29, 1.82) is 0 Å². The number of fused-ring (bicyclic) bond motifs is 3. The Balaban J connectivity index is 1.000. The molecule has 2 aliphatic rings. The summed E-state index contributed by atoms with van der Waals surface area (Å²) in [7, 11) is -0.509. The SMILES string of the molecule is CN(C)CCC(CSc1ccccc1)Nc1ccc(S(=O)(=O)NC(=O)c2ccc3c(c2)CCC2CN(Cc4ccccc4-c4ccc(Cl)cc4)CCN32)cc1[N+](=O)[O-]. The summed E-state index contributed by atoms with van der Waals surface area (Å²) < 4.78 is 29.2. The van der Waals surface area contributed by atoms with E-state index < -0.39 is 20.9 Å². The molecule has 2 atom stereocenters. The van der Waals surface area contributed by atoms with Gasteiger partial charge in [-0.1, -0.05) is 66.2 Å². The van der Waals surface area contributed by atoms with Crippen LogP contribution >= 0.6 is 23.4 Å². The second-order valence-corrected chi connectivity index (χ2v) is 18.3. The van der Waals surface area contributed by atoms with Crippen molar-refractivity contribution in [2.75, 3.05) is 56.2 Å². The first kappa shape index (κ1) is 41.2. The monoisotopic (exact) mass is 838 g/mol. The van der Waals surface area contributed by atoms with Gasteiger partial charge in [0.25, 0.3) is 21.6 Å². The molecule has 5 aromatic carbocycles. The number of benzene rings is 5. The quantitative estimate of drug-likeness (QED) is 0.0605. The van der Waals surface area contributed by atoms with Crippen LogP contribution in [-0.2, 0) is 23.0 Å². The first-order chi connectivity index (χ1) is 27.9. The van der Waals surface area contributed by atoms with E-state index in [9.17, 15) is 23.3 Å². The van der Waals surface area contributed by atoms with Gasteiger partial charge in [0, 0.05) is 71.3 Å². The van der Waals surface area contributed by atoms with Gasteiger partial charge < -0.3 is 15.1 Å². The van der Waals surface area contributed by atoms with E-state index in [1.807, 2.05) is 67.5 Å². The van der Waals surface area contributed by atoms with Gasteiger partial charge in [-0.2, -0.15) is 0 Å². The average molecular weight is 839 g/mol. The summed E-state index contributed by atoms with van der Waals surface area (Å²) in [5.74, 6) is -0.149. The van der Waals surface area contributed by atoms with Crippen molar-refractivity contribution in [3.8, 4) is 11.1 Å². The highest BCUT2D eigenvalue weighted by Crippen LogP contribution is 2.35. The van der Waals surface area contributed by atoms with E-state index >= 15 is 0 Å². The summed E-state index contributed by atoms with van der Waals surface area (Å²) in [6.07, 6.45) is 2.36. The van der Waals surface area contributed by atoms with Crippen molar-refractivity contribution >= 4 is 56.4 Å². The third-order valence-electron chi connectivity index (χ3n) is 10.7. The Kier molecular flexibility index (Phi) is 13.0. The molecule has 7 rings (SSSR count). The van der Waals surface area contributed by atoms with E-state index in [0.29, 0.717) is 23.2 Å². The molecule has 302 valence electrons. The van der Waals surface area contributed by atoms with Gasteiger partial charge in [-0.05, 0) is 117 Å². The van der Waals surface area contributed by atoms with Gasteiger partial charge in [0.05, 0.1) is 9.82 Å². The van der Waals surface area contributed by atoms with E-state index in [2.05, 4.69) is 56.2 Å². The summed E-state index contributed by atoms with van der Waals surface area (Å²) in [5.41, 5.74) is 5.69. The number of piperazine rings is 1. The van der Waals surface area contributed by atoms with Crippen molar-refractivity contribution in [3.05, 3.63) is 147 Å². The maximum atomic E-state index is 13.5. The van der Waals surface area contributed by atoms with Gasteiger partial charge in [0.1, 0.15) is 5.69 Å². The van der Waals surface area contributed by atoms with Crippen LogP contribution in [-0.4, -0.2) is 87.2 Å². The average Bonchev–Trinajstić information content (AvgIpc) is 3.22. The molecule has 2 N–H and O–H groups in total. The van der Waals surface area contributed by atoms with E-state index in [1.54, 1.807) is 23.9 Å². The number of sulfonamides is 1. The fourth-order valence-corrected chi connectivity index (χ4v) is 9.82. The maximum absolute atomic E-state index is 13.5. The molecule has 0 saturated carbocycles. The van der Waals surface area contributed by atoms with Crippen molar-refractivity contribution in [1.82, 2.24) is 14.5 Å². The number of carbonyl (C=O) groups is 1. The highest BCUT2D eigenvalue weighted by Gasteiger charge is 2.33. The zero-order valence-electron chi connectivity index (χ0n) is 32.5. The molecule has 0 radical (unpaired) electrons. The molecule has 1 saturated heterocycles. The molecule has 58 heavy (non-hydrogen) atoms. The number of nitrogens with zero attached hydrogens (tertiary/aromatic N) is 4. The van der Waals surface area contributed by atoms with Crippen LogP contribution in [0.3, 0.4) is 0 Å². The van der Waals surface area contributed by atoms with Gasteiger partial charge in [-0.25, -0.2) is 13.1 Å². The number of nitro benzene ring substituents is 1. The van der Waals surface area contributed by atoms with Gasteiger partial charge in [-0.3, -0.25) is 19.8 Å². The summed E-state index contributed by atoms with van der Waals surface area (Å²) in [4.78, 5) is 32.7. The zero-order valence-corrected chi connectivity index (χ0v) is 34.9. The van der Waals surface area contributed by atoms with Crippen LogP contribution in [0.1, 0.15) is 34.3 Å². The van der Waals surface area contributed by atoms with Crippen LogP contribution in [0.4, 0.5) is 17.1 Å². The van der Waals surface area contributed by atoms with Crippen molar-refractivity contribution in [2.24, 2.45) is 0 Å². The number of halogens is 1. The molecule has 1 amide bonds. The van der Waals surface area contributed by atoms with Gasteiger partial charge >= 0.3 is 0 Å². The predicted molar refractivity (Wildman–Crippen MR) is 234 cm³/mol. The normalized spacial score (nSPS) is 16.0. The van der Waals surface area contributed by atoms with Gasteiger partial charge in [-0.15, -0.1) is 11.8 Å². The molecule has 2 heterocycles. The Morgan fingerprint density at radius 1 is 0.966 bits per heavy atom. The first-order valence-electron chi connectivity index (χ1n) is 19.3. The van der Waals surface area contributed by atoms with Crippen molar-refractivity contribution < 1.29 is 18.1 Å². The Bertz CT molecular complexity index is 2360. The molecular formula is C44H47ClN6O5S2. The standard InChI is InChI=1S/C44H47ClN6O5S2/c1-48(2)23-22-36(30-57-38-9-4-3-5-10-38)46-41-20-19-39(27-43(41)51(53)54)58(55,56)47-44(52)33-15-21-42-32(26-33)14-18-37-29-49(24-25-50(37)42)28-34-8-6-7-11-40(34)31-12-16-35(45)17-13-31/h3-13,15-17,19-21,26-27,36-37,46H,14,18,22-25,28-30H2,1-2H3,(H,47,52). The topological polar surface area (TPSA) is 128 Å². The summed E-state index contributed by atoms with van der Waals surface area (Å²) in [6.45, 7) is 4.18. The zero-order chi connectivity index (χ0) is 40.8. The molecule has 5 aromatic rings. The fraction of sp³-hybridized carbons (Fsp3) is 0.295. The molecule has 0 bridgehead atoms. The Morgan fingerprint density at radius 2 is 1.72 bits per heavy atom. The number of thioether (sulfide) groups is 1. The predicted octanol–water partition coefficient (Wildman–Crippen LogP) is 8.20. The van der Waals surface area contributed by atoms with Crippen LogP contribution in [0.15, 0.2) is 125 Å². The minimum absolute atomic E-state index is 0.139. The van der Waals surface area contributed by atoms with E-state index in [1.165, 1.54) is 23.3 Å². The maximum Gasteiger partial charge on any atom is 0.293 e. The minimum atomic E-state index is -4.44. The van der Waals surface area contributed by atoms with Crippen LogP contribution in [0.2, 0.25) is 5.02 Å². The van der Waals surface area contributed by atoms with Crippen molar-refractivity contribution in [3.63, 3.8) is 0 Å². The number of hydrogen-bond donors (Lipinski definition) is 2. The number of nitro groups is 1. The number of anilines is 2. The van der Waals surface area contributed by atoms with E-state index in [0.717, 1.165) is 73.3 Å². The van der Waals surface area contributed by atoms with E-state index in [-0.39, 0.29) is 27.9 Å². The lowest BCUT2D eigenvalue weighted by Gasteiger charge is -2.46. The lowest BCUT2D eigenvalue weighted by atomic mass is 9.92. The summed E-state index contributed by atoms with van der Waals surface area (Å²) in [5, 5.41) is 16.2. The van der Waals surface area contributed by atoms with Crippen LogP contribution < -0.4 is 14.9 Å². The second-order valence-electron chi connectivity index (χ2n) is 15.1. The molecule has 0 aromatic heterocycles. The number of hydrogen-bond acceptors (Lipinski definition) is 10. The minimum Gasteiger partial charge on any atom is -0.376 e. The summed E-state index contributed by atoms with van der Waals surface area (Å²) in [6, 6.07) is 35.5. The second kappa shape index (κ2) is 18.3. The number of carbonyl (C=O) groups excluding carboxylic acids is 1. The highest BCUT2D eigenvalue weighted by molar-refractivity contribution is 7.99. The third-order valence-corrected chi connectivity index (χ3v) is 13.5. The molecule has 14 heteroatoms. The largest absolute Gasteiger partial charge is 0.376 e. The first-order valence-corrected chi connectivity index (χ1v) is 22.2. The molecular weight excluding hydrogens is 792 g/mol. The fourth-order valence-electron chi connectivity index (χ4n) is 7.70.